The van der Waals surface area contributed by atoms with Gasteiger partial charge in [0.15, 0.2) is 0 Å². The second-order valence-corrected chi connectivity index (χ2v) is 8.90. The predicted octanol–water partition coefficient (Wildman–Crippen LogP) is 3.01. The first-order valence-electron chi connectivity index (χ1n) is 10.5. The van der Waals surface area contributed by atoms with Crippen molar-refractivity contribution in [1.29, 1.82) is 0 Å². The van der Waals surface area contributed by atoms with Crippen LogP contribution in [0, 0.1) is 0 Å². The van der Waals surface area contributed by atoms with Gasteiger partial charge in [0.05, 0.1) is 17.2 Å². The lowest BCUT2D eigenvalue weighted by molar-refractivity contribution is -0.130. The zero-order chi connectivity index (χ0) is 21.8. The smallest absolute Gasteiger partial charge is 0.261 e. The van der Waals surface area contributed by atoms with Gasteiger partial charge in [0, 0.05) is 30.1 Å². The monoisotopic (exact) mass is 483 g/mol. The van der Waals surface area contributed by atoms with Crippen LogP contribution in [0.25, 0.3) is 10.9 Å². The van der Waals surface area contributed by atoms with Gasteiger partial charge < -0.3 is 4.90 Å². The number of aromatic nitrogens is 2. The van der Waals surface area contributed by atoms with Gasteiger partial charge >= 0.3 is 0 Å². The molecule has 2 unspecified atom stereocenters. The van der Waals surface area contributed by atoms with E-state index in [2.05, 4.69) is 56.0 Å². The summed E-state index contributed by atoms with van der Waals surface area (Å²) >= 11 is 3.38. The largest absolute Gasteiger partial charge is 0.344 e. The van der Waals surface area contributed by atoms with Crippen LogP contribution < -0.4 is 16.4 Å². The van der Waals surface area contributed by atoms with E-state index in [1.54, 1.807) is 24.1 Å². The summed E-state index contributed by atoms with van der Waals surface area (Å²) in [4.78, 5) is 31.3. The lowest BCUT2D eigenvalue weighted by Crippen LogP contribution is -2.35. The van der Waals surface area contributed by atoms with Crippen LogP contribution in [-0.4, -0.2) is 40.0 Å². The molecule has 1 amide bonds. The molecule has 0 bridgehead atoms. The van der Waals surface area contributed by atoms with Crippen LogP contribution in [-0.2, 0) is 11.3 Å². The second-order valence-electron chi connectivity index (χ2n) is 7.98. The number of hydrogen-bond acceptors (Lipinski definition) is 5. The lowest BCUT2D eigenvalue weighted by Gasteiger charge is -2.19. The van der Waals surface area contributed by atoms with Gasteiger partial charge in [-0.2, -0.15) is 0 Å². The molecular formula is C23H26BrN5O2. The van der Waals surface area contributed by atoms with E-state index in [0.29, 0.717) is 29.5 Å². The van der Waals surface area contributed by atoms with Crippen molar-refractivity contribution in [3.8, 4) is 0 Å². The van der Waals surface area contributed by atoms with E-state index in [0.717, 1.165) is 23.7 Å². The maximum atomic E-state index is 12.7. The fraction of sp³-hybridized carbons (Fsp3) is 0.348. The number of nitrogens with one attached hydrogen (secondary N) is 2. The van der Waals surface area contributed by atoms with Crippen LogP contribution in [0.1, 0.15) is 30.9 Å². The average molecular weight is 484 g/mol. The Balaban J connectivity index is 1.27. The molecule has 0 aliphatic carbocycles. The molecule has 1 aromatic heterocycles. The number of hydrazine groups is 1. The SMILES string of the molecule is CN(CCCC1CC(c2ccccc2)NN1)C(=O)Cn1cnc2ccc(Br)cc2c1=O. The minimum atomic E-state index is -0.207. The highest BCUT2D eigenvalue weighted by Gasteiger charge is 2.24. The minimum Gasteiger partial charge on any atom is -0.344 e. The van der Waals surface area contributed by atoms with E-state index >= 15 is 0 Å². The Bertz CT molecular complexity index is 1120. The van der Waals surface area contributed by atoms with E-state index < -0.39 is 0 Å². The Morgan fingerprint density at radius 2 is 2.03 bits per heavy atom. The number of benzene rings is 2. The van der Waals surface area contributed by atoms with Crippen molar-refractivity contribution >= 4 is 32.7 Å². The van der Waals surface area contributed by atoms with Crippen molar-refractivity contribution < 1.29 is 4.79 Å². The molecule has 3 aromatic rings. The molecule has 2 heterocycles. The van der Waals surface area contributed by atoms with E-state index in [9.17, 15) is 9.59 Å². The second kappa shape index (κ2) is 9.72. The van der Waals surface area contributed by atoms with Crippen molar-refractivity contribution in [1.82, 2.24) is 25.3 Å². The number of nitrogens with zero attached hydrogens (tertiary/aromatic N) is 3. The zero-order valence-electron chi connectivity index (χ0n) is 17.4. The number of likely N-dealkylation sites (N-methyl/N-ethyl adjacent to an activating group) is 1. The molecule has 2 atom stereocenters. The van der Waals surface area contributed by atoms with Crippen molar-refractivity contribution in [2.75, 3.05) is 13.6 Å². The van der Waals surface area contributed by atoms with Crippen LogP contribution in [0.3, 0.4) is 0 Å². The Hall–Kier alpha value is -2.55. The molecule has 1 aliphatic heterocycles. The van der Waals surface area contributed by atoms with Gasteiger partial charge in [0.1, 0.15) is 6.54 Å². The molecule has 1 fully saturated rings. The van der Waals surface area contributed by atoms with Crippen LogP contribution in [0.15, 0.2) is 64.1 Å². The van der Waals surface area contributed by atoms with Crippen LogP contribution >= 0.6 is 15.9 Å². The summed E-state index contributed by atoms with van der Waals surface area (Å²) in [6, 6.07) is 16.5. The molecule has 162 valence electrons. The number of carbonyl (C=O) groups excluding carboxylic acids is 1. The lowest BCUT2D eigenvalue weighted by atomic mass is 10.00. The quantitative estimate of drug-likeness (QED) is 0.539. The van der Waals surface area contributed by atoms with Gasteiger partial charge in [0.2, 0.25) is 5.91 Å². The van der Waals surface area contributed by atoms with Gasteiger partial charge in [-0.3, -0.25) is 25.0 Å². The third-order valence-electron chi connectivity index (χ3n) is 5.75. The van der Waals surface area contributed by atoms with Crippen LogP contribution in [0.2, 0.25) is 0 Å². The summed E-state index contributed by atoms with van der Waals surface area (Å²) in [7, 11) is 1.78. The van der Waals surface area contributed by atoms with E-state index in [-0.39, 0.29) is 18.0 Å². The number of carbonyl (C=O) groups is 1. The standard InChI is InChI=1S/C23H26BrN5O2/c1-28(11-5-8-18-13-21(27-26-18)16-6-3-2-4-7-16)22(30)14-29-15-25-20-10-9-17(24)12-19(20)23(29)31/h2-4,6-7,9-10,12,15,18,21,26-27H,5,8,11,13-14H2,1H3. The summed E-state index contributed by atoms with van der Waals surface area (Å²) in [5.41, 5.74) is 8.43. The first-order valence-corrected chi connectivity index (χ1v) is 11.3. The van der Waals surface area contributed by atoms with Gasteiger partial charge in [-0.05, 0) is 43.0 Å². The molecule has 7 nitrogen and oxygen atoms in total. The first kappa shape index (κ1) is 21.7. The molecular weight excluding hydrogens is 458 g/mol. The minimum absolute atomic E-state index is 0.00982. The van der Waals surface area contributed by atoms with E-state index in [4.69, 9.17) is 0 Å². The van der Waals surface area contributed by atoms with E-state index in [1.165, 1.54) is 16.5 Å². The van der Waals surface area contributed by atoms with Crippen LogP contribution in [0.4, 0.5) is 0 Å². The number of rotatable bonds is 7. The Morgan fingerprint density at radius 3 is 2.84 bits per heavy atom. The number of amides is 1. The summed E-state index contributed by atoms with van der Waals surface area (Å²) < 4.78 is 2.19. The zero-order valence-corrected chi connectivity index (χ0v) is 19.0. The normalized spacial score (nSPS) is 18.4. The summed E-state index contributed by atoms with van der Waals surface area (Å²) in [5, 5.41) is 0.500. The predicted molar refractivity (Wildman–Crippen MR) is 124 cm³/mol. The highest BCUT2D eigenvalue weighted by Crippen LogP contribution is 2.23. The Labute approximate surface area is 189 Å². The Morgan fingerprint density at radius 1 is 1.23 bits per heavy atom. The third-order valence-corrected chi connectivity index (χ3v) is 6.24. The van der Waals surface area contributed by atoms with Crippen molar-refractivity contribution in [2.24, 2.45) is 0 Å². The van der Waals surface area contributed by atoms with Gasteiger partial charge in [-0.1, -0.05) is 46.3 Å². The summed E-state index contributed by atoms with van der Waals surface area (Å²) in [5.74, 6) is -0.0992. The average Bonchev–Trinajstić information content (AvgIpc) is 3.25. The highest BCUT2D eigenvalue weighted by molar-refractivity contribution is 9.10. The highest BCUT2D eigenvalue weighted by atomic mass is 79.9. The molecule has 1 saturated heterocycles. The first-order chi connectivity index (χ1) is 15.0. The van der Waals surface area contributed by atoms with Crippen molar-refractivity contribution in [3.05, 3.63) is 75.2 Å². The number of hydrogen-bond donors (Lipinski definition) is 2. The van der Waals surface area contributed by atoms with Crippen molar-refractivity contribution in [3.63, 3.8) is 0 Å². The van der Waals surface area contributed by atoms with Gasteiger partial charge in [-0.25, -0.2) is 4.98 Å². The molecule has 31 heavy (non-hydrogen) atoms. The molecule has 0 spiro atoms. The summed E-state index contributed by atoms with van der Waals surface area (Å²) in [6.45, 7) is 0.637. The number of fused-ring (bicyclic) bond motifs is 1. The molecule has 4 rings (SSSR count). The van der Waals surface area contributed by atoms with Crippen molar-refractivity contribution in [2.45, 2.75) is 37.9 Å². The molecule has 1 aliphatic rings. The van der Waals surface area contributed by atoms with Gasteiger partial charge in [-0.15, -0.1) is 0 Å². The Kier molecular flexibility index (Phi) is 6.80. The molecule has 2 aromatic carbocycles. The third kappa shape index (κ3) is 5.20. The molecule has 0 saturated carbocycles. The van der Waals surface area contributed by atoms with Gasteiger partial charge in [0.25, 0.3) is 5.56 Å². The maximum absolute atomic E-state index is 12.7. The van der Waals surface area contributed by atoms with E-state index in [1.807, 2.05) is 12.1 Å². The molecule has 2 N–H and O–H groups in total. The summed E-state index contributed by atoms with van der Waals surface area (Å²) in [6.07, 6.45) is 4.33. The fourth-order valence-electron chi connectivity index (χ4n) is 3.93. The topological polar surface area (TPSA) is 79.3 Å². The molecule has 0 radical (unpaired) electrons. The number of halogens is 1. The van der Waals surface area contributed by atoms with Crippen LogP contribution in [0.5, 0.6) is 0 Å². The maximum Gasteiger partial charge on any atom is 0.261 e. The molecule has 8 heteroatoms. The fourth-order valence-corrected chi connectivity index (χ4v) is 4.29.